The van der Waals surface area contributed by atoms with Crippen LogP contribution in [0.4, 0.5) is 0 Å². The molecule has 1 saturated heterocycles. The predicted molar refractivity (Wildman–Crippen MR) is 87.1 cm³/mol. The minimum Gasteiger partial charge on any atom is -0.299 e. The first kappa shape index (κ1) is 14.3. The van der Waals surface area contributed by atoms with Gasteiger partial charge in [0.25, 0.3) is 0 Å². The zero-order valence-corrected chi connectivity index (χ0v) is 12.8. The van der Waals surface area contributed by atoms with E-state index in [1.807, 2.05) is 12.3 Å². The number of aromatic nitrogens is 1. The van der Waals surface area contributed by atoms with Crippen LogP contribution in [0.2, 0.25) is 0 Å². The van der Waals surface area contributed by atoms with Gasteiger partial charge in [-0.15, -0.1) is 0 Å². The molecule has 1 aliphatic heterocycles. The van der Waals surface area contributed by atoms with Gasteiger partial charge in [0.2, 0.25) is 0 Å². The van der Waals surface area contributed by atoms with Gasteiger partial charge in [-0.05, 0) is 62.4 Å². The molecule has 0 aliphatic carbocycles. The average Bonchev–Trinajstić information content (AvgIpc) is 2.52. The molecule has 0 radical (unpaired) electrons. The fourth-order valence-corrected chi connectivity index (χ4v) is 3.22. The first-order chi connectivity index (χ1) is 10.3. The van der Waals surface area contributed by atoms with Crippen LogP contribution in [0.1, 0.15) is 29.7 Å². The lowest BCUT2D eigenvalue weighted by molar-refractivity contribution is 0.176. The Hall–Kier alpha value is -1.67. The zero-order valence-electron chi connectivity index (χ0n) is 12.8. The van der Waals surface area contributed by atoms with E-state index in [-0.39, 0.29) is 0 Å². The van der Waals surface area contributed by atoms with Crippen molar-refractivity contribution in [1.29, 1.82) is 0 Å². The second-order valence-electron chi connectivity index (χ2n) is 6.16. The first-order valence-corrected chi connectivity index (χ1v) is 7.98. The summed E-state index contributed by atoms with van der Waals surface area (Å²) in [5.41, 5.74) is 4.03. The number of pyridine rings is 1. The molecule has 3 rings (SSSR count). The van der Waals surface area contributed by atoms with E-state index in [2.05, 4.69) is 53.2 Å². The molecule has 0 atom stereocenters. The van der Waals surface area contributed by atoms with Crippen molar-refractivity contribution in [2.75, 3.05) is 13.1 Å². The summed E-state index contributed by atoms with van der Waals surface area (Å²) in [4.78, 5) is 6.96. The smallest absolute Gasteiger partial charge is 0.0417 e. The van der Waals surface area contributed by atoms with Gasteiger partial charge in [-0.1, -0.05) is 36.4 Å². The van der Waals surface area contributed by atoms with Gasteiger partial charge in [-0.2, -0.15) is 0 Å². The molecule has 2 heteroatoms. The van der Waals surface area contributed by atoms with Crippen LogP contribution in [0.25, 0.3) is 0 Å². The van der Waals surface area contributed by atoms with Crippen LogP contribution in [0.5, 0.6) is 0 Å². The SMILES string of the molecule is Cc1ncccc1CN1CCC(Cc2ccccc2)CC1. The molecule has 1 fully saturated rings. The number of hydrogen-bond donors (Lipinski definition) is 0. The highest BCUT2D eigenvalue weighted by Crippen LogP contribution is 2.23. The molecule has 1 aromatic heterocycles. The maximum absolute atomic E-state index is 4.39. The highest BCUT2D eigenvalue weighted by atomic mass is 15.1. The highest BCUT2D eigenvalue weighted by Gasteiger charge is 2.19. The molecular formula is C19H24N2. The molecule has 21 heavy (non-hydrogen) atoms. The molecule has 2 nitrogen and oxygen atoms in total. The summed E-state index contributed by atoms with van der Waals surface area (Å²) in [5.74, 6) is 0.846. The van der Waals surface area contributed by atoms with Crippen molar-refractivity contribution in [3.63, 3.8) is 0 Å². The normalized spacial score (nSPS) is 17.0. The van der Waals surface area contributed by atoms with Gasteiger partial charge in [0, 0.05) is 18.4 Å². The van der Waals surface area contributed by atoms with Crippen molar-refractivity contribution in [2.24, 2.45) is 5.92 Å². The van der Waals surface area contributed by atoms with Crippen LogP contribution in [0.3, 0.4) is 0 Å². The molecule has 0 saturated carbocycles. The Morgan fingerprint density at radius 2 is 1.81 bits per heavy atom. The minimum atomic E-state index is 0.846. The van der Waals surface area contributed by atoms with E-state index in [4.69, 9.17) is 0 Å². The lowest BCUT2D eigenvalue weighted by atomic mass is 9.90. The number of benzene rings is 1. The highest BCUT2D eigenvalue weighted by molar-refractivity contribution is 5.18. The van der Waals surface area contributed by atoms with E-state index < -0.39 is 0 Å². The van der Waals surface area contributed by atoms with Crippen molar-refractivity contribution >= 4 is 0 Å². The summed E-state index contributed by atoms with van der Waals surface area (Å²) in [6.45, 7) is 5.59. The number of rotatable bonds is 4. The average molecular weight is 280 g/mol. The topological polar surface area (TPSA) is 16.1 Å². The quantitative estimate of drug-likeness (QED) is 0.846. The van der Waals surface area contributed by atoms with E-state index >= 15 is 0 Å². The molecule has 0 unspecified atom stereocenters. The summed E-state index contributed by atoms with van der Waals surface area (Å²) in [6.07, 6.45) is 5.74. The van der Waals surface area contributed by atoms with Crippen molar-refractivity contribution in [3.05, 3.63) is 65.5 Å². The molecule has 2 aromatic rings. The molecule has 0 spiro atoms. The fourth-order valence-electron chi connectivity index (χ4n) is 3.22. The molecule has 1 aromatic carbocycles. The van der Waals surface area contributed by atoms with E-state index in [1.165, 1.54) is 49.2 Å². The minimum absolute atomic E-state index is 0.846. The van der Waals surface area contributed by atoms with Crippen molar-refractivity contribution in [1.82, 2.24) is 9.88 Å². The maximum Gasteiger partial charge on any atom is 0.0417 e. The Kier molecular flexibility index (Phi) is 4.66. The van der Waals surface area contributed by atoms with Gasteiger partial charge in [0.1, 0.15) is 0 Å². The van der Waals surface area contributed by atoms with E-state index in [0.717, 1.165) is 12.5 Å². The van der Waals surface area contributed by atoms with Gasteiger partial charge in [0.15, 0.2) is 0 Å². The Balaban J connectivity index is 1.50. The predicted octanol–water partition coefficient (Wildman–Crippen LogP) is 3.84. The number of hydrogen-bond acceptors (Lipinski definition) is 2. The molecule has 0 bridgehead atoms. The zero-order chi connectivity index (χ0) is 14.5. The second kappa shape index (κ2) is 6.86. The summed E-state index contributed by atoms with van der Waals surface area (Å²) in [5, 5.41) is 0. The fraction of sp³-hybridized carbons (Fsp3) is 0.421. The molecule has 1 aliphatic rings. The van der Waals surface area contributed by atoms with Gasteiger partial charge >= 0.3 is 0 Å². The monoisotopic (exact) mass is 280 g/mol. The molecule has 2 heterocycles. The van der Waals surface area contributed by atoms with E-state index in [9.17, 15) is 0 Å². The van der Waals surface area contributed by atoms with Crippen LogP contribution >= 0.6 is 0 Å². The van der Waals surface area contributed by atoms with E-state index in [1.54, 1.807) is 0 Å². The van der Waals surface area contributed by atoms with Gasteiger partial charge in [0.05, 0.1) is 0 Å². The molecular weight excluding hydrogens is 256 g/mol. The van der Waals surface area contributed by atoms with Gasteiger partial charge < -0.3 is 0 Å². The van der Waals surface area contributed by atoms with Crippen molar-refractivity contribution in [2.45, 2.75) is 32.7 Å². The Labute approximate surface area is 127 Å². The van der Waals surface area contributed by atoms with Crippen molar-refractivity contribution < 1.29 is 0 Å². The molecule has 0 amide bonds. The maximum atomic E-state index is 4.39. The van der Waals surface area contributed by atoms with Crippen LogP contribution < -0.4 is 0 Å². The lowest BCUT2D eigenvalue weighted by Gasteiger charge is -2.32. The Bertz CT molecular complexity index is 557. The summed E-state index contributed by atoms with van der Waals surface area (Å²) in [7, 11) is 0. The third-order valence-electron chi connectivity index (χ3n) is 4.58. The second-order valence-corrected chi connectivity index (χ2v) is 6.16. The summed E-state index contributed by atoms with van der Waals surface area (Å²) in [6, 6.07) is 15.2. The summed E-state index contributed by atoms with van der Waals surface area (Å²) >= 11 is 0. The van der Waals surface area contributed by atoms with Gasteiger partial charge in [-0.3, -0.25) is 9.88 Å². The van der Waals surface area contributed by atoms with Crippen LogP contribution in [0, 0.1) is 12.8 Å². The van der Waals surface area contributed by atoms with Crippen LogP contribution in [-0.4, -0.2) is 23.0 Å². The Morgan fingerprint density at radius 3 is 2.52 bits per heavy atom. The molecule has 110 valence electrons. The molecule has 0 N–H and O–H groups in total. The number of likely N-dealkylation sites (tertiary alicyclic amines) is 1. The number of piperidine rings is 1. The standard InChI is InChI=1S/C19H24N2/c1-16-19(8-5-11-20-16)15-21-12-9-18(10-13-21)14-17-6-3-2-4-7-17/h2-8,11,18H,9-10,12-15H2,1H3. The summed E-state index contributed by atoms with van der Waals surface area (Å²) < 4.78 is 0. The van der Waals surface area contributed by atoms with Crippen LogP contribution in [0.15, 0.2) is 48.7 Å². The number of nitrogens with zero attached hydrogens (tertiary/aromatic N) is 2. The third kappa shape index (κ3) is 3.92. The van der Waals surface area contributed by atoms with Gasteiger partial charge in [-0.25, -0.2) is 0 Å². The third-order valence-corrected chi connectivity index (χ3v) is 4.58. The van der Waals surface area contributed by atoms with Crippen molar-refractivity contribution in [3.8, 4) is 0 Å². The van der Waals surface area contributed by atoms with Crippen LogP contribution in [-0.2, 0) is 13.0 Å². The number of aryl methyl sites for hydroxylation is 1. The lowest BCUT2D eigenvalue weighted by Crippen LogP contribution is -2.34. The van der Waals surface area contributed by atoms with E-state index in [0.29, 0.717) is 0 Å². The Morgan fingerprint density at radius 1 is 1.05 bits per heavy atom. The first-order valence-electron chi connectivity index (χ1n) is 7.98. The largest absolute Gasteiger partial charge is 0.299 e.